The summed E-state index contributed by atoms with van der Waals surface area (Å²) >= 11 is 0. The molecule has 1 fully saturated rings. The van der Waals surface area contributed by atoms with Crippen LogP contribution in [0.25, 0.3) is 11.1 Å². The summed E-state index contributed by atoms with van der Waals surface area (Å²) in [5, 5.41) is 2.83. The van der Waals surface area contributed by atoms with Gasteiger partial charge in [0.1, 0.15) is 13.1 Å². The molecule has 1 aliphatic heterocycles. The summed E-state index contributed by atoms with van der Waals surface area (Å²) in [4.78, 5) is 39.9. The van der Waals surface area contributed by atoms with Crippen LogP contribution >= 0.6 is 0 Å². The van der Waals surface area contributed by atoms with E-state index in [0.717, 1.165) is 16.0 Å². The Morgan fingerprint density at radius 2 is 1.45 bits per heavy atom. The normalized spacial score (nSPS) is 13.7. The Bertz CT molecular complexity index is 1050. The van der Waals surface area contributed by atoms with E-state index in [1.807, 2.05) is 54.6 Å². The molecule has 3 aromatic rings. The van der Waals surface area contributed by atoms with Gasteiger partial charge in [-0.25, -0.2) is 4.79 Å². The zero-order chi connectivity index (χ0) is 20.2. The number of nitrogens with zero attached hydrogens (tertiary/aromatic N) is 2. The molecule has 0 saturated carbocycles. The van der Waals surface area contributed by atoms with E-state index in [4.69, 9.17) is 0 Å². The first-order chi connectivity index (χ1) is 14.1. The average molecular weight is 385 g/mol. The second-order valence-corrected chi connectivity index (χ2v) is 6.64. The number of amides is 4. The molecule has 0 aromatic heterocycles. The lowest BCUT2D eigenvalue weighted by Gasteiger charge is -2.17. The minimum absolute atomic E-state index is 0.0727. The topological polar surface area (TPSA) is 69.7 Å². The molecule has 144 valence electrons. The zero-order valence-corrected chi connectivity index (χ0v) is 15.6. The number of hydrogen-bond acceptors (Lipinski definition) is 3. The number of carbonyl (C=O) groups excluding carboxylic acids is 3. The van der Waals surface area contributed by atoms with Crippen LogP contribution in [0, 0.1) is 0 Å². The molecule has 1 N–H and O–H groups in total. The average Bonchev–Trinajstić information content (AvgIpc) is 3.03. The number of urea groups is 1. The van der Waals surface area contributed by atoms with Crippen molar-refractivity contribution in [1.82, 2.24) is 4.90 Å². The van der Waals surface area contributed by atoms with Gasteiger partial charge in [0.2, 0.25) is 5.91 Å². The number of imide groups is 1. The summed E-state index contributed by atoms with van der Waals surface area (Å²) < 4.78 is 0. The maximum Gasteiger partial charge on any atom is 0.332 e. The molecule has 6 heteroatoms. The maximum atomic E-state index is 12.6. The molecule has 0 atom stereocenters. The van der Waals surface area contributed by atoms with Crippen molar-refractivity contribution in [3.8, 4) is 11.1 Å². The molecule has 0 unspecified atom stereocenters. The van der Waals surface area contributed by atoms with Gasteiger partial charge in [0, 0.05) is 16.9 Å². The highest BCUT2D eigenvalue weighted by Gasteiger charge is 2.37. The van der Waals surface area contributed by atoms with Gasteiger partial charge in [-0.15, -0.1) is 0 Å². The monoisotopic (exact) mass is 385 g/mol. The van der Waals surface area contributed by atoms with Crippen molar-refractivity contribution in [1.29, 1.82) is 0 Å². The van der Waals surface area contributed by atoms with E-state index in [9.17, 15) is 14.4 Å². The summed E-state index contributed by atoms with van der Waals surface area (Å²) in [6, 6.07) is 25.5. The Morgan fingerprint density at radius 1 is 0.828 bits per heavy atom. The highest BCUT2D eigenvalue weighted by atomic mass is 16.2. The number of rotatable bonds is 5. The van der Waals surface area contributed by atoms with Crippen LogP contribution in [0.4, 0.5) is 16.2 Å². The van der Waals surface area contributed by atoms with Crippen LogP contribution in [-0.4, -0.2) is 35.8 Å². The van der Waals surface area contributed by atoms with E-state index in [2.05, 4.69) is 5.32 Å². The minimum atomic E-state index is -0.493. The lowest BCUT2D eigenvalue weighted by Crippen LogP contribution is -2.39. The van der Waals surface area contributed by atoms with Crippen LogP contribution in [0.2, 0.25) is 0 Å². The van der Waals surface area contributed by atoms with Crippen molar-refractivity contribution < 1.29 is 14.4 Å². The molecule has 29 heavy (non-hydrogen) atoms. The van der Waals surface area contributed by atoms with Crippen molar-refractivity contribution in [3.63, 3.8) is 0 Å². The third kappa shape index (κ3) is 3.87. The molecule has 1 heterocycles. The predicted molar refractivity (Wildman–Crippen MR) is 111 cm³/mol. The molecular weight excluding hydrogens is 366 g/mol. The second kappa shape index (κ2) is 7.98. The van der Waals surface area contributed by atoms with Crippen LogP contribution in [-0.2, 0) is 9.59 Å². The van der Waals surface area contributed by atoms with E-state index in [0.29, 0.717) is 11.4 Å². The van der Waals surface area contributed by atoms with Gasteiger partial charge in [-0.3, -0.25) is 19.4 Å². The number of anilines is 2. The van der Waals surface area contributed by atoms with Gasteiger partial charge in [0.25, 0.3) is 5.91 Å². The van der Waals surface area contributed by atoms with Crippen LogP contribution in [0.3, 0.4) is 0 Å². The summed E-state index contributed by atoms with van der Waals surface area (Å²) in [7, 11) is 0. The van der Waals surface area contributed by atoms with Crippen molar-refractivity contribution in [2.24, 2.45) is 0 Å². The largest absolute Gasteiger partial charge is 0.332 e. The minimum Gasteiger partial charge on any atom is -0.324 e. The molecule has 0 aliphatic carbocycles. The van der Waals surface area contributed by atoms with Gasteiger partial charge >= 0.3 is 6.03 Å². The zero-order valence-electron chi connectivity index (χ0n) is 15.6. The van der Waals surface area contributed by atoms with Crippen LogP contribution in [0.1, 0.15) is 0 Å². The summed E-state index contributed by atoms with van der Waals surface area (Å²) in [6.07, 6.45) is 0. The first-order valence-corrected chi connectivity index (χ1v) is 9.25. The van der Waals surface area contributed by atoms with Crippen LogP contribution in [0.15, 0.2) is 84.9 Å². The standard InChI is InChI=1S/C23H19N3O3/c27-21(24-20-14-8-7-13-19(20)17-9-3-1-4-10-17)15-26-22(28)16-25(23(26)29)18-11-5-2-6-12-18/h1-14H,15-16H2,(H,24,27). The second-order valence-electron chi connectivity index (χ2n) is 6.64. The van der Waals surface area contributed by atoms with Crippen molar-refractivity contribution in [2.75, 3.05) is 23.3 Å². The molecule has 4 rings (SSSR count). The Hall–Kier alpha value is -3.93. The van der Waals surface area contributed by atoms with Crippen molar-refractivity contribution in [2.45, 2.75) is 0 Å². The number of nitrogens with one attached hydrogen (secondary N) is 1. The number of hydrogen-bond donors (Lipinski definition) is 1. The van der Waals surface area contributed by atoms with Crippen molar-refractivity contribution >= 4 is 29.2 Å². The molecule has 0 bridgehead atoms. The summed E-state index contributed by atoms with van der Waals surface area (Å²) in [5.74, 6) is -0.824. The number of benzene rings is 3. The van der Waals surface area contributed by atoms with E-state index >= 15 is 0 Å². The highest BCUT2D eigenvalue weighted by Crippen LogP contribution is 2.27. The van der Waals surface area contributed by atoms with E-state index < -0.39 is 17.8 Å². The molecule has 4 amide bonds. The van der Waals surface area contributed by atoms with Gasteiger partial charge in [0.15, 0.2) is 0 Å². The molecule has 0 radical (unpaired) electrons. The molecule has 0 spiro atoms. The Balaban J connectivity index is 1.48. The fourth-order valence-corrected chi connectivity index (χ4v) is 3.30. The van der Waals surface area contributed by atoms with Gasteiger partial charge in [-0.2, -0.15) is 0 Å². The third-order valence-corrected chi connectivity index (χ3v) is 4.71. The molecule has 1 saturated heterocycles. The van der Waals surface area contributed by atoms with Crippen molar-refractivity contribution in [3.05, 3.63) is 84.9 Å². The van der Waals surface area contributed by atoms with Gasteiger partial charge < -0.3 is 5.32 Å². The van der Waals surface area contributed by atoms with Crippen LogP contribution in [0.5, 0.6) is 0 Å². The maximum absolute atomic E-state index is 12.6. The van der Waals surface area contributed by atoms with E-state index in [-0.39, 0.29) is 13.1 Å². The Labute approximate surface area is 168 Å². The number of para-hydroxylation sites is 2. The van der Waals surface area contributed by atoms with Gasteiger partial charge in [0.05, 0.1) is 0 Å². The lowest BCUT2D eigenvalue weighted by atomic mass is 10.0. The smallest absolute Gasteiger partial charge is 0.324 e. The lowest BCUT2D eigenvalue weighted by molar-refractivity contribution is -0.128. The Kier molecular flexibility index (Phi) is 5.07. The third-order valence-electron chi connectivity index (χ3n) is 4.71. The molecular formula is C23H19N3O3. The number of carbonyl (C=O) groups is 3. The molecule has 1 aliphatic rings. The van der Waals surface area contributed by atoms with Gasteiger partial charge in [-0.1, -0.05) is 66.7 Å². The predicted octanol–water partition coefficient (Wildman–Crippen LogP) is 3.76. The first kappa shape index (κ1) is 18.4. The van der Waals surface area contributed by atoms with Crippen LogP contribution < -0.4 is 10.2 Å². The van der Waals surface area contributed by atoms with Gasteiger partial charge in [-0.05, 0) is 23.8 Å². The molecule has 3 aromatic carbocycles. The molecule has 6 nitrogen and oxygen atoms in total. The SMILES string of the molecule is O=C(CN1C(=O)CN(c2ccccc2)C1=O)Nc1ccccc1-c1ccccc1. The fraction of sp³-hybridized carbons (Fsp3) is 0.0870. The Morgan fingerprint density at radius 3 is 2.17 bits per heavy atom. The summed E-state index contributed by atoms with van der Waals surface area (Å²) in [6.45, 7) is -0.402. The summed E-state index contributed by atoms with van der Waals surface area (Å²) in [5.41, 5.74) is 3.09. The van der Waals surface area contributed by atoms with E-state index in [1.54, 1.807) is 30.3 Å². The highest BCUT2D eigenvalue weighted by molar-refractivity contribution is 6.14. The fourth-order valence-electron chi connectivity index (χ4n) is 3.30. The first-order valence-electron chi connectivity index (χ1n) is 9.25. The quantitative estimate of drug-likeness (QED) is 0.680. The van der Waals surface area contributed by atoms with E-state index in [1.165, 1.54) is 4.90 Å².